The van der Waals surface area contributed by atoms with Gasteiger partial charge in [-0.15, -0.1) is 10.2 Å². The maximum absolute atomic E-state index is 8.91. The van der Waals surface area contributed by atoms with Crippen molar-refractivity contribution in [3.8, 4) is 0 Å². The molecule has 0 saturated heterocycles. The number of hydrogen-bond acceptors (Lipinski definition) is 5. The van der Waals surface area contributed by atoms with Gasteiger partial charge < -0.3 is 15.4 Å². The Bertz CT molecular complexity index is 273. The molecule has 1 unspecified atom stereocenters. The molecule has 3 N–H and O–H groups in total. The molecular formula is C7H14N4OS. The second-order valence-electron chi connectivity index (χ2n) is 3.33. The van der Waals surface area contributed by atoms with Crippen molar-refractivity contribution in [2.45, 2.75) is 17.6 Å². The molecule has 0 aliphatic heterocycles. The Kier molecular flexibility index (Phi) is 3.29. The number of aliphatic hydroxyl groups excluding tert-OH is 1. The molecule has 0 radical (unpaired) electrons. The number of aryl methyl sites for hydroxylation is 1. The molecule has 13 heavy (non-hydrogen) atoms. The topological polar surface area (TPSA) is 77.0 Å². The van der Waals surface area contributed by atoms with E-state index in [9.17, 15) is 0 Å². The Labute approximate surface area is 81.3 Å². The van der Waals surface area contributed by atoms with Crippen LogP contribution >= 0.6 is 11.8 Å². The van der Waals surface area contributed by atoms with Gasteiger partial charge in [-0.25, -0.2) is 0 Å². The van der Waals surface area contributed by atoms with Crippen molar-refractivity contribution < 1.29 is 5.11 Å². The summed E-state index contributed by atoms with van der Waals surface area (Å²) in [5.74, 6) is 0.621. The van der Waals surface area contributed by atoms with Crippen LogP contribution in [0, 0.1) is 0 Å². The van der Waals surface area contributed by atoms with Gasteiger partial charge in [-0.1, -0.05) is 11.8 Å². The van der Waals surface area contributed by atoms with Crippen LogP contribution in [-0.2, 0) is 7.05 Å². The predicted molar refractivity (Wildman–Crippen MR) is 51.4 cm³/mol. The summed E-state index contributed by atoms with van der Waals surface area (Å²) in [7, 11) is 1.87. The second-order valence-corrected chi connectivity index (χ2v) is 4.27. The molecule has 1 atom stereocenters. The summed E-state index contributed by atoms with van der Waals surface area (Å²) in [6.07, 6.45) is 1.63. The zero-order chi connectivity index (χ0) is 9.90. The lowest BCUT2D eigenvalue weighted by atomic mass is 10.1. The maximum atomic E-state index is 8.91. The SMILES string of the molecule is Cn1cnnc1SCC(C)(N)CO. The molecular weight excluding hydrogens is 188 g/mol. The average Bonchev–Trinajstić information content (AvgIpc) is 2.48. The largest absolute Gasteiger partial charge is 0.394 e. The number of nitrogens with two attached hydrogens (primary N) is 1. The smallest absolute Gasteiger partial charge is 0.190 e. The van der Waals surface area contributed by atoms with Gasteiger partial charge in [0, 0.05) is 18.3 Å². The normalized spacial score (nSPS) is 15.7. The van der Waals surface area contributed by atoms with E-state index in [0.717, 1.165) is 5.16 Å². The molecule has 1 aromatic rings. The zero-order valence-electron chi connectivity index (χ0n) is 7.77. The van der Waals surface area contributed by atoms with Crippen LogP contribution in [0.4, 0.5) is 0 Å². The monoisotopic (exact) mass is 202 g/mol. The van der Waals surface area contributed by atoms with Gasteiger partial charge in [0.05, 0.1) is 6.61 Å². The van der Waals surface area contributed by atoms with Crippen LogP contribution in [0.1, 0.15) is 6.92 Å². The van der Waals surface area contributed by atoms with Gasteiger partial charge in [-0.2, -0.15) is 0 Å². The van der Waals surface area contributed by atoms with E-state index in [0.29, 0.717) is 5.75 Å². The molecule has 0 amide bonds. The standard InChI is InChI=1S/C7H14N4OS/c1-7(8,3-12)4-13-6-10-9-5-11(6)2/h5,12H,3-4,8H2,1-2H3. The van der Waals surface area contributed by atoms with E-state index in [1.807, 2.05) is 11.6 Å². The Hall–Kier alpha value is -0.590. The Morgan fingerprint density at radius 2 is 2.46 bits per heavy atom. The molecule has 0 spiro atoms. The first-order valence-corrected chi connectivity index (χ1v) is 4.90. The number of nitrogens with zero attached hydrogens (tertiary/aromatic N) is 3. The number of hydrogen-bond donors (Lipinski definition) is 2. The molecule has 5 nitrogen and oxygen atoms in total. The summed E-state index contributed by atoms with van der Waals surface area (Å²) in [6.45, 7) is 1.77. The Morgan fingerprint density at radius 1 is 1.77 bits per heavy atom. The highest BCUT2D eigenvalue weighted by Gasteiger charge is 2.18. The van der Waals surface area contributed by atoms with Crippen LogP contribution in [0.15, 0.2) is 11.5 Å². The third-order valence-electron chi connectivity index (χ3n) is 1.56. The zero-order valence-corrected chi connectivity index (χ0v) is 8.58. The van der Waals surface area contributed by atoms with E-state index in [1.165, 1.54) is 11.8 Å². The lowest BCUT2D eigenvalue weighted by molar-refractivity contribution is 0.224. The van der Waals surface area contributed by atoms with Gasteiger partial charge in [0.1, 0.15) is 6.33 Å². The molecule has 1 heterocycles. The highest BCUT2D eigenvalue weighted by atomic mass is 32.2. The molecule has 0 saturated carbocycles. The van der Waals surface area contributed by atoms with Crippen molar-refractivity contribution in [2.24, 2.45) is 12.8 Å². The van der Waals surface area contributed by atoms with Gasteiger partial charge >= 0.3 is 0 Å². The average molecular weight is 202 g/mol. The summed E-state index contributed by atoms with van der Waals surface area (Å²) in [6, 6.07) is 0. The fourth-order valence-electron chi connectivity index (χ4n) is 0.678. The molecule has 0 aliphatic carbocycles. The number of aromatic nitrogens is 3. The number of aliphatic hydroxyl groups is 1. The van der Waals surface area contributed by atoms with E-state index in [4.69, 9.17) is 10.8 Å². The summed E-state index contributed by atoms with van der Waals surface area (Å²) in [4.78, 5) is 0. The van der Waals surface area contributed by atoms with E-state index >= 15 is 0 Å². The van der Waals surface area contributed by atoms with Crippen LogP contribution in [0.25, 0.3) is 0 Å². The van der Waals surface area contributed by atoms with Gasteiger partial charge in [0.2, 0.25) is 0 Å². The summed E-state index contributed by atoms with van der Waals surface area (Å²) < 4.78 is 1.82. The highest BCUT2D eigenvalue weighted by molar-refractivity contribution is 7.99. The number of thioether (sulfide) groups is 1. The van der Waals surface area contributed by atoms with Crippen molar-refractivity contribution in [1.29, 1.82) is 0 Å². The third kappa shape index (κ3) is 2.98. The first-order chi connectivity index (χ1) is 6.05. The first-order valence-electron chi connectivity index (χ1n) is 3.92. The first kappa shape index (κ1) is 10.5. The van der Waals surface area contributed by atoms with E-state index in [2.05, 4.69) is 10.2 Å². The highest BCUT2D eigenvalue weighted by Crippen LogP contribution is 2.17. The van der Waals surface area contributed by atoms with Crippen LogP contribution in [0.5, 0.6) is 0 Å². The van der Waals surface area contributed by atoms with Crippen LogP contribution in [0.3, 0.4) is 0 Å². The fourth-order valence-corrected chi connectivity index (χ4v) is 1.58. The molecule has 1 aromatic heterocycles. The minimum Gasteiger partial charge on any atom is -0.394 e. The molecule has 0 fully saturated rings. The molecule has 74 valence electrons. The fraction of sp³-hybridized carbons (Fsp3) is 0.714. The van der Waals surface area contributed by atoms with Gasteiger partial charge in [-0.05, 0) is 6.92 Å². The van der Waals surface area contributed by atoms with Crippen LogP contribution in [-0.4, -0.2) is 37.8 Å². The van der Waals surface area contributed by atoms with Crippen LogP contribution in [0.2, 0.25) is 0 Å². The summed E-state index contributed by atoms with van der Waals surface area (Å²) >= 11 is 1.49. The third-order valence-corrected chi connectivity index (χ3v) is 2.99. The van der Waals surface area contributed by atoms with Crippen molar-refractivity contribution in [1.82, 2.24) is 14.8 Å². The second kappa shape index (κ2) is 4.08. The number of rotatable bonds is 4. The van der Waals surface area contributed by atoms with Crippen molar-refractivity contribution in [2.75, 3.05) is 12.4 Å². The van der Waals surface area contributed by atoms with Gasteiger partial charge in [0.25, 0.3) is 0 Å². The predicted octanol–water partition coefficient (Wildman–Crippen LogP) is -0.383. The minimum absolute atomic E-state index is 0.0299. The van der Waals surface area contributed by atoms with Crippen LogP contribution < -0.4 is 5.73 Å². The quantitative estimate of drug-likeness (QED) is 0.651. The molecule has 1 rings (SSSR count). The van der Waals surface area contributed by atoms with Gasteiger partial charge in [0.15, 0.2) is 5.16 Å². The Balaban J connectivity index is 2.48. The van der Waals surface area contributed by atoms with Crippen molar-refractivity contribution in [3.63, 3.8) is 0 Å². The lowest BCUT2D eigenvalue weighted by Crippen LogP contribution is -2.42. The van der Waals surface area contributed by atoms with E-state index < -0.39 is 5.54 Å². The molecule has 0 aromatic carbocycles. The molecule has 6 heteroatoms. The minimum atomic E-state index is -0.559. The van der Waals surface area contributed by atoms with Crippen molar-refractivity contribution in [3.05, 3.63) is 6.33 Å². The summed E-state index contributed by atoms with van der Waals surface area (Å²) in [5, 5.41) is 17.3. The lowest BCUT2D eigenvalue weighted by Gasteiger charge is -2.20. The maximum Gasteiger partial charge on any atom is 0.190 e. The summed E-state index contributed by atoms with van der Waals surface area (Å²) in [5.41, 5.74) is 5.20. The van der Waals surface area contributed by atoms with E-state index in [-0.39, 0.29) is 6.61 Å². The molecule has 0 bridgehead atoms. The Morgan fingerprint density at radius 3 is 2.92 bits per heavy atom. The van der Waals surface area contributed by atoms with Crippen molar-refractivity contribution >= 4 is 11.8 Å². The van der Waals surface area contributed by atoms with Gasteiger partial charge in [-0.3, -0.25) is 0 Å². The molecule has 0 aliphatic rings. The van der Waals surface area contributed by atoms with E-state index in [1.54, 1.807) is 13.3 Å².